The van der Waals surface area contributed by atoms with Crippen LogP contribution < -0.4 is 5.73 Å². The van der Waals surface area contributed by atoms with Crippen molar-refractivity contribution in [2.24, 2.45) is 11.8 Å². The zero-order valence-corrected chi connectivity index (χ0v) is 14.0. The van der Waals surface area contributed by atoms with Gasteiger partial charge in [0.2, 0.25) is 0 Å². The molecule has 2 bridgehead atoms. The molecule has 3 aliphatic rings. The van der Waals surface area contributed by atoms with Gasteiger partial charge >= 0.3 is 0 Å². The number of nitrogen functional groups attached to an aromatic ring is 1. The van der Waals surface area contributed by atoms with E-state index < -0.39 is 0 Å². The maximum Gasteiger partial charge on any atom is 0.254 e. The highest BCUT2D eigenvalue weighted by atomic mass is 16.2. The van der Waals surface area contributed by atoms with Crippen LogP contribution in [0.1, 0.15) is 41.6 Å². The number of aryl methyl sites for hydroxylation is 1. The van der Waals surface area contributed by atoms with E-state index in [9.17, 15) is 4.79 Å². The second-order valence-corrected chi connectivity index (χ2v) is 7.64. The van der Waals surface area contributed by atoms with Gasteiger partial charge in [0.15, 0.2) is 0 Å². The first kappa shape index (κ1) is 15.0. The summed E-state index contributed by atoms with van der Waals surface area (Å²) >= 11 is 0. The standard InChI is InChI=1S/C19H27N3O/c1-13-2-5-16(20)12-17(13)19(23)22-8-6-21(7-9-22)18-11-14-3-4-15(18)10-14/h2,5,12,14-15,18H,3-4,6-11,20H2,1H3. The van der Waals surface area contributed by atoms with Gasteiger partial charge in [-0.05, 0) is 55.7 Å². The van der Waals surface area contributed by atoms with Crippen LogP contribution in [-0.2, 0) is 0 Å². The Kier molecular flexibility index (Phi) is 3.80. The molecule has 4 rings (SSSR count). The Balaban J connectivity index is 1.39. The second kappa shape index (κ2) is 5.82. The molecular weight excluding hydrogens is 286 g/mol. The fourth-order valence-electron chi connectivity index (χ4n) is 4.96. The molecule has 3 fully saturated rings. The molecule has 1 heterocycles. The molecule has 1 saturated heterocycles. The van der Waals surface area contributed by atoms with E-state index in [4.69, 9.17) is 5.73 Å². The topological polar surface area (TPSA) is 49.6 Å². The molecule has 2 N–H and O–H groups in total. The van der Waals surface area contributed by atoms with Crippen molar-refractivity contribution in [3.63, 3.8) is 0 Å². The lowest BCUT2D eigenvalue weighted by Crippen LogP contribution is -2.53. The summed E-state index contributed by atoms with van der Waals surface area (Å²) < 4.78 is 0. The minimum Gasteiger partial charge on any atom is -0.399 e. The van der Waals surface area contributed by atoms with Gasteiger partial charge in [0.1, 0.15) is 0 Å². The number of carbonyl (C=O) groups excluding carboxylic acids is 1. The highest BCUT2D eigenvalue weighted by molar-refractivity contribution is 5.96. The SMILES string of the molecule is Cc1ccc(N)cc1C(=O)N1CCN(C2CC3CCC2C3)CC1. The largest absolute Gasteiger partial charge is 0.399 e. The van der Waals surface area contributed by atoms with Crippen molar-refractivity contribution in [2.45, 2.75) is 38.6 Å². The van der Waals surface area contributed by atoms with Crippen LogP contribution in [0, 0.1) is 18.8 Å². The summed E-state index contributed by atoms with van der Waals surface area (Å²) in [5.41, 5.74) is 8.30. The number of hydrogen-bond acceptors (Lipinski definition) is 3. The number of nitrogens with zero attached hydrogens (tertiary/aromatic N) is 2. The summed E-state index contributed by atoms with van der Waals surface area (Å²) in [6.45, 7) is 5.74. The van der Waals surface area contributed by atoms with Crippen molar-refractivity contribution in [3.8, 4) is 0 Å². The summed E-state index contributed by atoms with van der Waals surface area (Å²) in [7, 11) is 0. The van der Waals surface area contributed by atoms with Gasteiger partial charge in [-0.25, -0.2) is 0 Å². The van der Waals surface area contributed by atoms with Gasteiger partial charge in [0, 0.05) is 43.5 Å². The average molecular weight is 313 g/mol. The number of carbonyl (C=O) groups is 1. The van der Waals surface area contributed by atoms with Crippen LogP contribution in [0.3, 0.4) is 0 Å². The van der Waals surface area contributed by atoms with Crippen molar-refractivity contribution in [2.75, 3.05) is 31.9 Å². The summed E-state index contributed by atoms with van der Waals surface area (Å²) in [6.07, 6.45) is 5.73. The Morgan fingerprint density at radius 1 is 1.13 bits per heavy atom. The van der Waals surface area contributed by atoms with Crippen molar-refractivity contribution < 1.29 is 4.79 Å². The molecule has 3 atom stereocenters. The number of piperazine rings is 1. The van der Waals surface area contributed by atoms with Crippen LogP contribution in [-0.4, -0.2) is 47.9 Å². The molecule has 124 valence electrons. The molecule has 4 nitrogen and oxygen atoms in total. The van der Waals surface area contributed by atoms with Crippen molar-refractivity contribution >= 4 is 11.6 Å². The summed E-state index contributed by atoms with van der Waals surface area (Å²) in [5, 5.41) is 0. The van der Waals surface area contributed by atoms with Crippen molar-refractivity contribution in [3.05, 3.63) is 29.3 Å². The Morgan fingerprint density at radius 2 is 1.91 bits per heavy atom. The van der Waals surface area contributed by atoms with E-state index >= 15 is 0 Å². The van der Waals surface area contributed by atoms with Gasteiger partial charge in [-0.15, -0.1) is 0 Å². The first-order valence-electron chi connectivity index (χ1n) is 9.01. The average Bonchev–Trinajstić information content (AvgIpc) is 3.20. The predicted molar refractivity (Wildman–Crippen MR) is 92.3 cm³/mol. The quantitative estimate of drug-likeness (QED) is 0.854. The molecule has 4 heteroatoms. The first-order valence-corrected chi connectivity index (χ1v) is 9.01. The molecule has 1 aromatic rings. The third kappa shape index (κ3) is 2.74. The normalized spacial score (nSPS) is 30.8. The molecule has 1 amide bonds. The lowest BCUT2D eigenvalue weighted by molar-refractivity contribution is 0.0495. The number of benzene rings is 1. The van der Waals surface area contributed by atoms with Crippen molar-refractivity contribution in [1.82, 2.24) is 9.80 Å². The lowest BCUT2D eigenvalue weighted by atomic mass is 9.93. The van der Waals surface area contributed by atoms with Crippen LogP contribution in [0.4, 0.5) is 5.69 Å². The van der Waals surface area contributed by atoms with Crippen molar-refractivity contribution in [1.29, 1.82) is 0 Å². The predicted octanol–water partition coefficient (Wildman–Crippen LogP) is 2.52. The third-order valence-electron chi connectivity index (χ3n) is 6.26. The Morgan fingerprint density at radius 3 is 2.57 bits per heavy atom. The molecule has 2 aliphatic carbocycles. The van der Waals surface area contributed by atoms with E-state index in [0.29, 0.717) is 5.69 Å². The summed E-state index contributed by atoms with van der Waals surface area (Å²) in [4.78, 5) is 17.4. The van der Waals surface area contributed by atoms with Gasteiger partial charge in [-0.3, -0.25) is 9.69 Å². The van der Waals surface area contributed by atoms with E-state index in [2.05, 4.69) is 4.90 Å². The minimum atomic E-state index is 0.141. The fourth-order valence-corrected chi connectivity index (χ4v) is 4.96. The number of rotatable bonds is 2. The van der Waals surface area contributed by atoms with Gasteiger partial charge in [0.25, 0.3) is 5.91 Å². The highest BCUT2D eigenvalue weighted by Crippen LogP contribution is 2.46. The van der Waals surface area contributed by atoms with Gasteiger partial charge in [0.05, 0.1) is 0 Å². The molecule has 23 heavy (non-hydrogen) atoms. The first-order chi connectivity index (χ1) is 11.1. The summed E-state index contributed by atoms with van der Waals surface area (Å²) in [5.74, 6) is 2.06. The smallest absolute Gasteiger partial charge is 0.254 e. The maximum absolute atomic E-state index is 12.8. The Hall–Kier alpha value is -1.55. The van der Waals surface area contributed by atoms with Crippen LogP contribution in [0.15, 0.2) is 18.2 Å². The molecule has 0 spiro atoms. The molecular formula is C19H27N3O. The molecule has 0 radical (unpaired) electrons. The third-order valence-corrected chi connectivity index (χ3v) is 6.26. The Bertz CT molecular complexity index is 607. The van der Waals surface area contributed by atoms with Crippen LogP contribution in [0.25, 0.3) is 0 Å². The van der Waals surface area contributed by atoms with E-state index in [1.54, 1.807) is 0 Å². The molecule has 1 aliphatic heterocycles. The van der Waals surface area contributed by atoms with Gasteiger partial charge < -0.3 is 10.6 Å². The van der Waals surface area contributed by atoms with E-state index in [1.807, 2.05) is 30.0 Å². The molecule has 1 aromatic carbocycles. The lowest BCUT2D eigenvalue weighted by Gasteiger charge is -2.41. The highest BCUT2D eigenvalue weighted by Gasteiger charge is 2.42. The van der Waals surface area contributed by atoms with E-state index in [-0.39, 0.29) is 5.91 Å². The second-order valence-electron chi connectivity index (χ2n) is 7.64. The van der Waals surface area contributed by atoms with Crippen LogP contribution in [0.5, 0.6) is 0 Å². The summed E-state index contributed by atoms with van der Waals surface area (Å²) in [6, 6.07) is 6.41. The van der Waals surface area contributed by atoms with Gasteiger partial charge in [-0.2, -0.15) is 0 Å². The number of anilines is 1. The van der Waals surface area contributed by atoms with E-state index in [1.165, 1.54) is 25.7 Å². The zero-order valence-electron chi connectivity index (χ0n) is 14.0. The number of nitrogens with two attached hydrogens (primary N) is 1. The maximum atomic E-state index is 12.8. The molecule has 0 aromatic heterocycles. The van der Waals surface area contributed by atoms with Crippen LogP contribution in [0.2, 0.25) is 0 Å². The number of fused-ring (bicyclic) bond motifs is 2. The van der Waals surface area contributed by atoms with E-state index in [0.717, 1.165) is 55.2 Å². The monoisotopic (exact) mass is 313 g/mol. The Labute approximate surface area is 138 Å². The molecule has 3 unspecified atom stereocenters. The van der Waals surface area contributed by atoms with Gasteiger partial charge in [-0.1, -0.05) is 12.5 Å². The molecule has 2 saturated carbocycles. The minimum absolute atomic E-state index is 0.141. The number of amides is 1. The number of hydrogen-bond donors (Lipinski definition) is 1. The fraction of sp³-hybridized carbons (Fsp3) is 0.632. The van der Waals surface area contributed by atoms with Crippen LogP contribution >= 0.6 is 0 Å². The zero-order chi connectivity index (χ0) is 16.0.